The lowest BCUT2D eigenvalue weighted by Crippen LogP contribution is -2.12. The molecule has 10 rings (SSSR count). The molecule has 0 bridgehead atoms. The summed E-state index contributed by atoms with van der Waals surface area (Å²) in [5, 5.41) is 5.11. The van der Waals surface area contributed by atoms with Gasteiger partial charge in [0.25, 0.3) is 0 Å². The lowest BCUT2D eigenvalue weighted by molar-refractivity contribution is 1.28. The average molecular weight is 706 g/mol. The maximum Gasteiger partial charge on any atom is 0.0540 e. The number of fused-ring (bicyclic) bond motifs is 4. The first-order valence-electron chi connectivity index (χ1n) is 18.4. The van der Waals surface area contributed by atoms with Gasteiger partial charge in [0.1, 0.15) is 0 Å². The van der Waals surface area contributed by atoms with E-state index in [1.165, 1.54) is 75.5 Å². The van der Waals surface area contributed by atoms with E-state index in [9.17, 15) is 0 Å². The third kappa shape index (κ3) is 5.65. The number of para-hydroxylation sites is 2. The molecule has 10 aromatic rings. The summed E-state index contributed by atoms with van der Waals surface area (Å²) in [6.07, 6.45) is 0. The summed E-state index contributed by atoms with van der Waals surface area (Å²) in [6.45, 7) is 0. The normalized spacial score (nSPS) is 11.3. The van der Waals surface area contributed by atoms with Crippen molar-refractivity contribution in [3.05, 3.63) is 212 Å². The van der Waals surface area contributed by atoms with Crippen LogP contribution in [0.15, 0.2) is 212 Å². The lowest BCUT2D eigenvalue weighted by Gasteiger charge is -2.30. The van der Waals surface area contributed by atoms with Crippen LogP contribution in [0.25, 0.3) is 75.5 Å². The third-order valence-electron chi connectivity index (χ3n) is 10.5. The summed E-state index contributed by atoms with van der Waals surface area (Å²) in [4.78, 5) is 2.45. The van der Waals surface area contributed by atoms with Gasteiger partial charge < -0.3 is 4.90 Å². The molecule has 9 aromatic carbocycles. The predicted molar refractivity (Wildman–Crippen MR) is 233 cm³/mol. The Balaban J connectivity index is 1.15. The molecule has 0 atom stereocenters. The van der Waals surface area contributed by atoms with Gasteiger partial charge in [0.15, 0.2) is 0 Å². The van der Waals surface area contributed by atoms with Crippen LogP contribution < -0.4 is 4.90 Å². The molecule has 0 N–H and O–H groups in total. The molecule has 1 nitrogen and oxygen atoms in total. The van der Waals surface area contributed by atoms with Crippen molar-refractivity contribution in [3.8, 4) is 44.5 Å². The molecule has 254 valence electrons. The minimum absolute atomic E-state index is 1.10. The largest absolute Gasteiger partial charge is 0.309 e. The minimum atomic E-state index is 1.10. The molecule has 0 saturated carbocycles. The first-order valence-corrected chi connectivity index (χ1v) is 19.2. The van der Waals surface area contributed by atoms with E-state index in [4.69, 9.17) is 0 Å². The van der Waals surface area contributed by atoms with Crippen LogP contribution in [0.1, 0.15) is 0 Å². The Bertz CT molecular complexity index is 2920. The van der Waals surface area contributed by atoms with Crippen molar-refractivity contribution in [3.63, 3.8) is 0 Å². The molecule has 1 heterocycles. The van der Waals surface area contributed by atoms with E-state index in [-0.39, 0.29) is 0 Å². The van der Waals surface area contributed by atoms with Gasteiger partial charge in [-0.25, -0.2) is 0 Å². The van der Waals surface area contributed by atoms with Crippen molar-refractivity contribution in [2.45, 2.75) is 0 Å². The topological polar surface area (TPSA) is 3.24 Å². The maximum atomic E-state index is 2.45. The highest BCUT2D eigenvalue weighted by molar-refractivity contribution is 7.25. The van der Waals surface area contributed by atoms with Gasteiger partial charge in [-0.2, -0.15) is 0 Å². The molecular formula is C52H35NS. The van der Waals surface area contributed by atoms with E-state index in [0.29, 0.717) is 0 Å². The molecule has 0 radical (unpaired) electrons. The number of anilines is 3. The Hall–Kier alpha value is -6.74. The summed E-state index contributed by atoms with van der Waals surface area (Å²) in [7, 11) is 0. The van der Waals surface area contributed by atoms with Crippen molar-refractivity contribution in [2.75, 3.05) is 4.90 Å². The highest BCUT2D eigenvalue weighted by atomic mass is 32.1. The van der Waals surface area contributed by atoms with E-state index in [2.05, 4.69) is 217 Å². The van der Waals surface area contributed by atoms with Gasteiger partial charge in [-0.1, -0.05) is 176 Å². The van der Waals surface area contributed by atoms with Gasteiger partial charge in [0.05, 0.1) is 11.4 Å². The van der Waals surface area contributed by atoms with Crippen LogP contribution in [0.4, 0.5) is 17.1 Å². The fourth-order valence-electron chi connectivity index (χ4n) is 7.96. The van der Waals surface area contributed by atoms with E-state index < -0.39 is 0 Å². The SMILES string of the molecule is c1ccc(-c2ccc(-c3ccccc3N(c3ccc(-c4cccc5sc6ccccc6c45)cc3)c3ccccc3-c3cccc4ccccc34)cc2)cc1. The lowest BCUT2D eigenvalue weighted by atomic mass is 9.94. The average Bonchev–Trinajstić information content (AvgIpc) is 3.64. The zero-order chi connectivity index (χ0) is 35.8. The highest BCUT2D eigenvalue weighted by Gasteiger charge is 2.21. The molecule has 0 amide bonds. The molecule has 0 spiro atoms. The first-order chi connectivity index (χ1) is 26.8. The van der Waals surface area contributed by atoms with Crippen molar-refractivity contribution in [2.24, 2.45) is 0 Å². The molecule has 0 unspecified atom stereocenters. The van der Waals surface area contributed by atoms with Crippen molar-refractivity contribution >= 4 is 59.3 Å². The Morgan fingerprint density at radius 1 is 0.296 bits per heavy atom. The summed E-state index contributed by atoms with van der Waals surface area (Å²) in [5.41, 5.74) is 13.0. The van der Waals surface area contributed by atoms with Crippen LogP contribution in [-0.2, 0) is 0 Å². The monoisotopic (exact) mass is 705 g/mol. The minimum Gasteiger partial charge on any atom is -0.309 e. The summed E-state index contributed by atoms with van der Waals surface area (Å²) >= 11 is 1.86. The Labute approximate surface area is 319 Å². The van der Waals surface area contributed by atoms with Crippen LogP contribution in [0.5, 0.6) is 0 Å². The second-order valence-corrected chi connectivity index (χ2v) is 14.7. The van der Waals surface area contributed by atoms with Crippen molar-refractivity contribution in [1.29, 1.82) is 0 Å². The molecule has 2 heteroatoms. The Morgan fingerprint density at radius 2 is 0.796 bits per heavy atom. The van der Waals surface area contributed by atoms with Crippen LogP contribution >= 0.6 is 11.3 Å². The van der Waals surface area contributed by atoms with Gasteiger partial charge in [-0.3, -0.25) is 0 Å². The second-order valence-electron chi connectivity index (χ2n) is 13.7. The van der Waals surface area contributed by atoms with E-state index in [0.717, 1.165) is 17.1 Å². The first kappa shape index (κ1) is 32.0. The smallest absolute Gasteiger partial charge is 0.0540 e. The number of hydrogen-bond acceptors (Lipinski definition) is 2. The summed E-state index contributed by atoms with van der Waals surface area (Å²) in [6, 6.07) is 77.1. The molecule has 54 heavy (non-hydrogen) atoms. The van der Waals surface area contributed by atoms with Crippen LogP contribution in [0.3, 0.4) is 0 Å². The Morgan fingerprint density at radius 3 is 1.61 bits per heavy atom. The molecule has 0 saturated heterocycles. The molecule has 0 aliphatic heterocycles. The molecular weight excluding hydrogens is 671 g/mol. The number of benzene rings is 9. The molecule has 1 aromatic heterocycles. The maximum absolute atomic E-state index is 2.45. The highest BCUT2D eigenvalue weighted by Crippen LogP contribution is 2.47. The van der Waals surface area contributed by atoms with Gasteiger partial charge in [-0.05, 0) is 80.6 Å². The van der Waals surface area contributed by atoms with E-state index in [1.54, 1.807) is 0 Å². The number of rotatable bonds is 7. The van der Waals surface area contributed by atoms with Crippen molar-refractivity contribution < 1.29 is 0 Å². The predicted octanol–water partition coefficient (Wildman–Crippen LogP) is 15.3. The van der Waals surface area contributed by atoms with Crippen LogP contribution in [-0.4, -0.2) is 0 Å². The van der Waals surface area contributed by atoms with Crippen LogP contribution in [0, 0.1) is 0 Å². The third-order valence-corrected chi connectivity index (χ3v) is 11.6. The number of hydrogen-bond donors (Lipinski definition) is 0. The fourth-order valence-corrected chi connectivity index (χ4v) is 9.09. The summed E-state index contributed by atoms with van der Waals surface area (Å²) < 4.78 is 2.64. The zero-order valence-electron chi connectivity index (χ0n) is 29.6. The second kappa shape index (κ2) is 13.7. The van der Waals surface area contributed by atoms with Gasteiger partial charge in [-0.15, -0.1) is 11.3 Å². The quantitative estimate of drug-likeness (QED) is 0.160. The van der Waals surface area contributed by atoms with Gasteiger partial charge >= 0.3 is 0 Å². The zero-order valence-corrected chi connectivity index (χ0v) is 30.4. The summed E-state index contributed by atoms with van der Waals surface area (Å²) in [5.74, 6) is 0. The molecule has 0 aliphatic rings. The Kier molecular flexibility index (Phi) is 8.09. The molecule has 0 aliphatic carbocycles. The van der Waals surface area contributed by atoms with Crippen molar-refractivity contribution in [1.82, 2.24) is 0 Å². The van der Waals surface area contributed by atoms with E-state index >= 15 is 0 Å². The van der Waals surface area contributed by atoms with Gasteiger partial charge in [0, 0.05) is 37.0 Å². The number of nitrogens with zero attached hydrogens (tertiary/aromatic N) is 1. The standard InChI is InChI=1S/C52H35NS/c1-2-14-36(15-3-1)37-28-30-39(31-29-37)43-19-6-9-24-48(43)53(49-25-10-7-20-46(49)45-23-12-17-38-16-4-5-18-42(38)45)41-34-32-40(33-35-41)44-22-13-27-51-52(44)47-21-8-11-26-50(47)54-51/h1-35H. The van der Waals surface area contributed by atoms with E-state index in [1.807, 2.05) is 11.3 Å². The molecule has 0 fully saturated rings. The van der Waals surface area contributed by atoms with Gasteiger partial charge in [0.2, 0.25) is 0 Å². The number of thiophene rings is 1. The van der Waals surface area contributed by atoms with Crippen LogP contribution in [0.2, 0.25) is 0 Å². The fraction of sp³-hybridized carbons (Fsp3) is 0.